The van der Waals surface area contributed by atoms with Gasteiger partial charge in [0.1, 0.15) is 0 Å². The van der Waals surface area contributed by atoms with Gasteiger partial charge in [-0.1, -0.05) is 20.8 Å². The second-order valence-corrected chi connectivity index (χ2v) is 7.51. The van der Waals surface area contributed by atoms with Crippen molar-refractivity contribution in [1.82, 2.24) is 4.31 Å². The Morgan fingerprint density at radius 2 is 1.80 bits per heavy atom. The predicted octanol–water partition coefficient (Wildman–Crippen LogP) is 2.11. The van der Waals surface area contributed by atoms with Crippen molar-refractivity contribution in [3.63, 3.8) is 0 Å². The van der Waals surface area contributed by atoms with Crippen LogP contribution in [0.3, 0.4) is 0 Å². The average Bonchev–Trinajstić information content (AvgIpc) is 2.26. The first kappa shape index (κ1) is 16.4. The van der Waals surface area contributed by atoms with Crippen LogP contribution in [-0.4, -0.2) is 31.7 Å². The molecule has 0 spiro atoms. The van der Waals surface area contributed by atoms with Gasteiger partial charge in [-0.15, -0.1) is 0 Å². The quantitative estimate of drug-likeness (QED) is 0.681. The molecule has 20 heavy (non-hydrogen) atoms. The summed E-state index contributed by atoms with van der Waals surface area (Å²) in [5.41, 5.74) is 0.214. The summed E-state index contributed by atoms with van der Waals surface area (Å²) in [5, 5.41) is 11.1. The minimum Gasteiger partial charge on any atom is -0.271 e. The van der Waals surface area contributed by atoms with Crippen LogP contribution in [0.15, 0.2) is 18.2 Å². The summed E-state index contributed by atoms with van der Waals surface area (Å²) in [6.45, 7) is 5.58. The van der Waals surface area contributed by atoms with Gasteiger partial charge in [0.2, 0.25) is 0 Å². The van der Waals surface area contributed by atoms with E-state index in [9.17, 15) is 18.5 Å². The largest absolute Gasteiger partial charge is 0.301 e. The predicted molar refractivity (Wildman–Crippen MR) is 78.0 cm³/mol. The van der Waals surface area contributed by atoms with Crippen LogP contribution in [0.1, 0.15) is 26.3 Å². The topological polar surface area (TPSA) is 92.6 Å². The van der Waals surface area contributed by atoms with Gasteiger partial charge in [0, 0.05) is 25.7 Å². The molecule has 0 unspecified atom stereocenters. The van der Waals surface area contributed by atoms with E-state index >= 15 is 0 Å². The standard InChI is InChI=1S/C12H19N3O4S/c1-12(2,3)10-7-6-9(8-11(10)15(16)17)13-20(18,19)14(4)5/h6-8,13H,1-5H3. The molecule has 7 nitrogen and oxygen atoms in total. The zero-order valence-corrected chi connectivity index (χ0v) is 13.0. The van der Waals surface area contributed by atoms with Crippen LogP contribution in [0.4, 0.5) is 11.4 Å². The van der Waals surface area contributed by atoms with Gasteiger partial charge in [-0.25, -0.2) is 0 Å². The highest BCUT2D eigenvalue weighted by atomic mass is 32.2. The van der Waals surface area contributed by atoms with E-state index in [-0.39, 0.29) is 11.4 Å². The number of nitrogens with zero attached hydrogens (tertiary/aromatic N) is 2. The molecule has 112 valence electrons. The summed E-state index contributed by atoms with van der Waals surface area (Å²) < 4.78 is 26.7. The van der Waals surface area contributed by atoms with Gasteiger partial charge in [-0.3, -0.25) is 14.8 Å². The molecule has 0 radical (unpaired) electrons. The molecule has 1 aromatic rings. The fraction of sp³-hybridized carbons (Fsp3) is 0.500. The summed E-state index contributed by atoms with van der Waals surface area (Å²) in [6.07, 6.45) is 0. The molecule has 0 atom stereocenters. The van der Waals surface area contributed by atoms with Crippen molar-refractivity contribution < 1.29 is 13.3 Å². The normalized spacial score (nSPS) is 12.5. The van der Waals surface area contributed by atoms with Crippen molar-refractivity contribution in [3.8, 4) is 0 Å². The van der Waals surface area contributed by atoms with E-state index in [0.717, 1.165) is 4.31 Å². The Morgan fingerprint density at radius 1 is 1.25 bits per heavy atom. The van der Waals surface area contributed by atoms with Crippen molar-refractivity contribution in [3.05, 3.63) is 33.9 Å². The molecule has 0 heterocycles. The average molecular weight is 301 g/mol. The number of nitrogens with one attached hydrogen (secondary N) is 1. The van der Waals surface area contributed by atoms with E-state index in [4.69, 9.17) is 0 Å². The minimum absolute atomic E-state index is 0.101. The molecule has 1 aromatic carbocycles. The third kappa shape index (κ3) is 3.67. The Morgan fingerprint density at radius 3 is 2.20 bits per heavy atom. The van der Waals surface area contributed by atoms with Gasteiger partial charge < -0.3 is 0 Å². The molecular formula is C12H19N3O4S. The highest BCUT2D eigenvalue weighted by Crippen LogP contribution is 2.33. The molecule has 0 aliphatic carbocycles. The summed E-state index contributed by atoms with van der Waals surface area (Å²) in [4.78, 5) is 10.6. The lowest BCUT2D eigenvalue weighted by Crippen LogP contribution is -2.29. The first-order valence-corrected chi connectivity index (χ1v) is 7.38. The van der Waals surface area contributed by atoms with Crippen molar-refractivity contribution in [2.75, 3.05) is 18.8 Å². The maximum absolute atomic E-state index is 11.7. The lowest BCUT2D eigenvalue weighted by Gasteiger charge is -2.20. The Balaban J connectivity index is 3.29. The molecule has 0 bridgehead atoms. The van der Waals surface area contributed by atoms with Gasteiger partial charge >= 0.3 is 10.2 Å². The molecule has 0 aliphatic rings. The van der Waals surface area contributed by atoms with Gasteiger partial charge in [0.25, 0.3) is 5.69 Å². The molecular weight excluding hydrogens is 282 g/mol. The minimum atomic E-state index is -3.68. The van der Waals surface area contributed by atoms with E-state index in [0.29, 0.717) is 5.56 Å². The van der Waals surface area contributed by atoms with Gasteiger partial charge in [-0.05, 0) is 17.5 Å². The smallest absolute Gasteiger partial charge is 0.271 e. The summed E-state index contributed by atoms with van der Waals surface area (Å²) >= 11 is 0. The van der Waals surface area contributed by atoms with Crippen molar-refractivity contribution in [2.24, 2.45) is 0 Å². The summed E-state index contributed by atoms with van der Waals surface area (Å²) in [7, 11) is -0.931. The van der Waals surface area contributed by atoms with Crippen LogP contribution >= 0.6 is 0 Å². The van der Waals surface area contributed by atoms with E-state index in [2.05, 4.69) is 4.72 Å². The number of hydrogen-bond acceptors (Lipinski definition) is 4. The highest BCUT2D eigenvalue weighted by Gasteiger charge is 2.25. The zero-order valence-electron chi connectivity index (χ0n) is 12.2. The molecule has 0 fully saturated rings. The third-order valence-electron chi connectivity index (χ3n) is 2.73. The Bertz CT molecular complexity index is 618. The maximum Gasteiger partial charge on any atom is 0.301 e. The van der Waals surface area contributed by atoms with E-state index in [1.165, 1.54) is 26.2 Å². The number of rotatable bonds is 4. The van der Waals surface area contributed by atoms with Crippen LogP contribution in [0, 0.1) is 10.1 Å². The molecule has 1 N–H and O–H groups in total. The number of anilines is 1. The fourth-order valence-electron chi connectivity index (χ4n) is 1.62. The van der Waals surface area contributed by atoms with Crippen molar-refractivity contribution in [2.45, 2.75) is 26.2 Å². The second-order valence-electron chi connectivity index (χ2n) is 5.63. The number of nitro benzene ring substituents is 1. The first-order chi connectivity index (χ1) is 8.95. The molecule has 0 aliphatic heterocycles. The first-order valence-electron chi connectivity index (χ1n) is 5.94. The molecule has 8 heteroatoms. The zero-order chi connectivity index (χ0) is 15.7. The monoisotopic (exact) mass is 301 g/mol. The Labute approximate surface area is 118 Å². The van der Waals surface area contributed by atoms with Crippen LogP contribution < -0.4 is 4.72 Å². The fourth-order valence-corrected chi connectivity index (χ4v) is 2.23. The van der Waals surface area contributed by atoms with Gasteiger partial charge in [0.15, 0.2) is 0 Å². The Hall–Kier alpha value is -1.67. The highest BCUT2D eigenvalue weighted by molar-refractivity contribution is 7.90. The van der Waals surface area contributed by atoms with E-state index < -0.39 is 20.5 Å². The summed E-state index contributed by atoms with van der Waals surface area (Å²) in [6, 6.07) is 4.34. The maximum atomic E-state index is 11.7. The molecule has 1 rings (SSSR count). The van der Waals surface area contributed by atoms with Crippen LogP contribution in [0.5, 0.6) is 0 Å². The van der Waals surface area contributed by atoms with Gasteiger partial charge in [-0.2, -0.15) is 12.7 Å². The Kier molecular flexibility index (Phi) is 4.40. The van der Waals surface area contributed by atoms with E-state index in [1.54, 1.807) is 6.07 Å². The number of benzene rings is 1. The third-order valence-corrected chi connectivity index (χ3v) is 4.19. The van der Waals surface area contributed by atoms with Gasteiger partial charge in [0.05, 0.1) is 10.6 Å². The number of nitro groups is 1. The van der Waals surface area contributed by atoms with Crippen LogP contribution in [0.2, 0.25) is 0 Å². The molecule has 0 amide bonds. The van der Waals surface area contributed by atoms with E-state index in [1.807, 2.05) is 20.8 Å². The lowest BCUT2D eigenvalue weighted by atomic mass is 9.86. The lowest BCUT2D eigenvalue weighted by molar-refractivity contribution is -0.385. The SMILES string of the molecule is CN(C)S(=O)(=O)Nc1ccc(C(C)(C)C)c([N+](=O)[O-])c1. The van der Waals surface area contributed by atoms with Crippen LogP contribution in [-0.2, 0) is 15.6 Å². The second kappa shape index (κ2) is 5.37. The molecule has 0 saturated carbocycles. The van der Waals surface area contributed by atoms with Crippen molar-refractivity contribution >= 4 is 21.6 Å². The summed E-state index contributed by atoms with van der Waals surface area (Å²) in [5.74, 6) is 0. The van der Waals surface area contributed by atoms with Crippen molar-refractivity contribution in [1.29, 1.82) is 0 Å². The number of hydrogen-bond donors (Lipinski definition) is 1. The molecule has 0 saturated heterocycles. The molecule has 0 aromatic heterocycles. The van der Waals surface area contributed by atoms with Crippen LogP contribution in [0.25, 0.3) is 0 Å².